The van der Waals surface area contributed by atoms with Crippen LogP contribution in [0.1, 0.15) is 31.9 Å². The second-order valence-corrected chi connectivity index (χ2v) is 11.4. The van der Waals surface area contributed by atoms with E-state index in [-0.39, 0.29) is 29.1 Å². The van der Waals surface area contributed by atoms with Crippen LogP contribution in [-0.4, -0.2) is 43.8 Å². The van der Waals surface area contributed by atoms with Gasteiger partial charge in [0.05, 0.1) is 10.6 Å². The normalized spacial score (nSPS) is 12.2. The standard InChI is InChI=1S/C28H32ClN3O4S/c1-20(2)30-28(34)22(4)31(18-23-11-7-5-8-12-23)27(33)19-32(24-16-15-21(3)26(29)17-24)37(35,36)25-13-9-6-10-14-25/h5-17,20,22H,18-19H2,1-4H3,(H,30,34)/t22-/m0/s1. The summed E-state index contributed by atoms with van der Waals surface area (Å²) in [6, 6.07) is 21.1. The molecule has 7 nitrogen and oxygen atoms in total. The summed E-state index contributed by atoms with van der Waals surface area (Å²) in [5, 5.41) is 3.22. The highest BCUT2D eigenvalue weighted by atomic mass is 35.5. The first-order valence-corrected chi connectivity index (χ1v) is 13.8. The number of halogens is 1. The summed E-state index contributed by atoms with van der Waals surface area (Å²) < 4.78 is 28.5. The minimum atomic E-state index is -4.12. The molecule has 0 saturated heterocycles. The number of amides is 2. The number of aryl methyl sites for hydroxylation is 1. The monoisotopic (exact) mass is 541 g/mol. The summed E-state index contributed by atoms with van der Waals surface area (Å²) >= 11 is 6.33. The molecule has 3 aromatic rings. The van der Waals surface area contributed by atoms with Crippen LogP contribution in [0.4, 0.5) is 5.69 Å². The van der Waals surface area contributed by atoms with Crippen molar-refractivity contribution in [3.8, 4) is 0 Å². The third-order valence-corrected chi connectivity index (χ3v) is 8.04. The Kier molecular flexibility index (Phi) is 9.34. The van der Waals surface area contributed by atoms with Crippen LogP contribution in [0.25, 0.3) is 0 Å². The maximum atomic E-state index is 13.8. The number of rotatable bonds is 10. The van der Waals surface area contributed by atoms with Gasteiger partial charge in [0.25, 0.3) is 10.0 Å². The summed E-state index contributed by atoms with van der Waals surface area (Å²) in [5.74, 6) is -0.846. The van der Waals surface area contributed by atoms with Gasteiger partial charge in [0.15, 0.2) is 0 Å². The smallest absolute Gasteiger partial charge is 0.264 e. The van der Waals surface area contributed by atoms with Crippen molar-refractivity contribution in [2.45, 2.75) is 51.2 Å². The number of hydrogen-bond donors (Lipinski definition) is 1. The third-order valence-electron chi connectivity index (χ3n) is 5.85. The largest absolute Gasteiger partial charge is 0.352 e. The molecule has 196 valence electrons. The SMILES string of the molecule is Cc1ccc(N(CC(=O)N(Cc2ccccc2)[C@@H](C)C(=O)NC(C)C)S(=O)(=O)c2ccccc2)cc1Cl. The molecular weight excluding hydrogens is 510 g/mol. The number of anilines is 1. The Morgan fingerprint density at radius 3 is 2.08 bits per heavy atom. The minimum absolute atomic E-state index is 0.0414. The van der Waals surface area contributed by atoms with Gasteiger partial charge < -0.3 is 10.2 Å². The fourth-order valence-electron chi connectivity index (χ4n) is 3.75. The van der Waals surface area contributed by atoms with Crippen LogP contribution in [0, 0.1) is 6.92 Å². The Hall–Kier alpha value is -3.36. The predicted molar refractivity (Wildman–Crippen MR) is 147 cm³/mol. The molecule has 0 fully saturated rings. The van der Waals surface area contributed by atoms with Crippen LogP contribution in [0.3, 0.4) is 0 Å². The van der Waals surface area contributed by atoms with Gasteiger partial charge in [-0.3, -0.25) is 13.9 Å². The molecule has 0 spiro atoms. The third kappa shape index (κ3) is 7.11. The second-order valence-electron chi connectivity index (χ2n) is 9.10. The molecule has 0 unspecified atom stereocenters. The van der Waals surface area contributed by atoms with Crippen molar-refractivity contribution in [1.29, 1.82) is 0 Å². The topological polar surface area (TPSA) is 86.8 Å². The Bertz CT molecular complexity index is 1330. The summed E-state index contributed by atoms with van der Waals surface area (Å²) in [4.78, 5) is 28.1. The van der Waals surface area contributed by atoms with Gasteiger partial charge in [0.2, 0.25) is 11.8 Å². The molecule has 0 aliphatic heterocycles. The Morgan fingerprint density at radius 1 is 0.919 bits per heavy atom. The average Bonchev–Trinajstić information content (AvgIpc) is 2.87. The summed E-state index contributed by atoms with van der Waals surface area (Å²) in [5.41, 5.74) is 1.85. The van der Waals surface area contributed by atoms with Gasteiger partial charge in [-0.15, -0.1) is 0 Å². The molecule has 3 aromatic carbocycles. The van der Waals surface area contributed by atoms with Crippen molar-refractivity contribution in [3.63, 3.8) is 0 Å². The van der Waals surface area contributed by atoms with Crippen LogP contribution >= 0.6 is 11.6 Å². The van der Waals surface area contributed by atoms with E-state index in [0.29, 0.717) is 5.02 Å². The van der Waals surface area contributed by atoms with Crippen LogP contribution < -0.4 is 9.62 Å². The quantitative estimate of drug-likeness (QED) is 0.400. The van der Waals surface area contributed by atoms with E-state index in [4.69, 9.17) is 11.6 Å². The van der Waals surface area contributed by atoms with Crippen molar-refractivity contribution in [2.75, 3.05) is 10.8 Å². The Morgan fingerprint density at radius 2 is 1.51 bits per heavy atom. The van der Waals surface area contributed by atoms with Gasteiger partial charge in [-0.05, 0) is 63.1 Å². The van der Waals surface area contributed by atoms with Gasteiger partial charge in [-0.25, -0.2) is 8.42 Å². The maximum Gasteiger partial charge on any atom is 0.264 e. The zero-order valence-corrected chi connectivity index (χ0v) is 23.0. The highest BCUT2D eigenvalue weighted by Gasteiger charge is 2.32. The lowest BCUT2D eigenvalue weighted by atomic mass is 10.1. The lowest BCUT2D eigenvalue weighted by molar-refractivity contribution is -0.139. The summed E-state index contributed by atoms with van der Waals surface area (Å²) in [7, 11) is -4.12. The molecule has 0 aliphatic carbocycles. The van der Waals surface area contributed by atoms with E-state index in [0.717, 1.165) is 15.4 Å². The zero-order chi connectivity index (χ0) is 27.2. The first-order valence-electron chi connectivity index (χ1n) is 12.0. The molecule has 0 aliphatic rings. The molecule has 1 atom stereocenters. The van der Waals surface area contributed by atoms with Gasteiger partial charge in [0, 0.05) is 17.6 Å². The number of sulfonamides is 1. The van der Waals surface area contributed by atoms with E-state index in [1.165, 1.54) is 23.1 Å². The Labute approximate surface area is 224 Å². The van der Waals surface area contributed by atoms with E-state index in [2.05, 4.69) is 5.32 Å². The fourth-order valence-corrected chi connectivity index (χ4v) is 5.36. The molecule has 0 saturated carbocycles. The highest BCUT2D eigenvalue weighted by Crippen LogP contribution is 2.28. The second kappa shape index (κ2) is 12.3. The van der Waals surface area contributed by atoms with E-state index in [9.17, 15) is 18.0 Å². The molecule has 0 bridgehead atoms. The predicted octanol–water partition coefficient (Wildman–Crippen LogP) is 4.79. The molecule has 1 N–H and O–H groups in total. The van der Waals surface area contributed by atoms with Crippen LogP contribution in [0.15, 0.2) is 83.8 Å². The molecule has 0 radical (unpaired) electrons. The van der Waals surface area contributed by atoms with Gasteiger partial charge in [-0.2, -0.15) is 0 Å². The van der Waals surface area contributed by atoms with Crippen molar-refractivity contribution >= 4 is 39.1 Å². The molecule has 0 heterocycles. The number of carbonyl (C=O) groups excluding carboxylic acids is 2. The Balaban J connectivity index is 2.03. The molecule has 2 amide bonds. The fraction of sp³-hybridized carbons (Fsp3) is 0.286. The number of benzene rings is 3. The number of carbonyl (C=O) groups is 2. The maximum absolute atomic E-state index is 13.8. The summed E-state index contributed by atoms with van der Waals surface area (Å²) in [6.07, 6.45) is 0. The van der Waals surface area contributed by atoms with E-state index < -0.39 is 28.5 Å². The molecule has 3 rings (SSSR count). The number of nitrogens with one attached hydrogen (secondary N) is 1. The van der Waals surface area contributed by atoms with Gasteiger partial charge >= 0.3 is 0 Å². The molecule has 37 heavy (non-hydrogen) atoms. The first kappa shape index (κ1) is 28.2. The lowest BCUT2D eigenvalue weighted by Crippen LogP contribution is -2.52. The summed E-state index contributed by atoms with van der Waals surface area (Å²) in [6.45, 7) is 6.75. The van der Waals surface area contributed by atoms with Crippen molar-refractivity contribution in [3.05, 3.63) is 95.0 Å². The van der Waals surface area contributed by atoms with E-state index in [1.54, 1.807) is 37.3 Å². The van der Waals surface area contributed by atoms with Crippen LogP contribution in [0.5, 0.6) is 0 Å². The number of hydrogen-bond acceptors (Lipinski definition) is 4. The van der Waals surface area contributed by atoms with E-state index >= 15 is 0 Å². The van der Waals surface area contributed by atoms with Crippen LogP contribution in [0.2, 0.25) is 5.02 Å². The lowest BCUT2D eigenvalue weighted by Gasteiger charge is -2.32. The van der Waals surface area contributed by atoms with Crippen molar-refractivity contribution in [2.24, 2.45) is 0 Å². The zero-order valence-electron chi connectivity index (χ0n) is 21.4. The molecule has 9 heteroatoms. The highest BCUT2D eigenvalue weighted by molar-refractivity contribution is 7.92. The minimum Gasteiger partial charge on any atom is -0.352 e. The first-order chi connectivity index (χ1) is 17.5. The average molecular weight is 542 g/mol. The number of nitrogens with zero attached hydrogens (tertiary/aromatic N) is 2. The molecular formula is C28H32ClN3O4S. The molecule has 0 aromatic heterocycles. The van der Waals surface area contributed by atoms with Crippen LogP contribution in [-0.2, 0) is 26.2 Å². The van der Waals surface area contributed by atoms with Gasteiger partial charge in [0.1, 0.15) is 12.6 Å². The van der Waals surface area contributed by atoms with E-state index in [1.807, 2.05) is 51.1 Å². The van der Waals surface area contributed by atoms with Crippen molar-refractivity contribution in [1.82, 2.24) is 10.2 Å². The van der Waals surface area contributed by atoms with Crippen molar-refractivity contribution < 1.29 is 18.0 Å². The van der Waals surface area contributed by atoms with Gasteiger partial charge in [-0.1, -0.05) is 66.2 Å².